The average Bonchev–Trinajstić information content (AvgIpc) is 2.48. The molecule has 0 amide bonds. The minimum Gasteiger partial charge on any atom is -0.497 e. The third kappa shape index (κ3) is 5.19. The number of benzene rings is 1. The van der Waals surface area contributed by atoms with Crippen LogP contribution in [0, 0.1) is 0 Å². The van der Waals surface area contributed by atoms with Crippen molar-refractivity contribution in [1.29, 1.82) is 0 Å². The van der Waals surface area contributed by atoms with Crippen LogP contribution in [0.4, 0.5) is 0 Å². The van der Waals surface area contributed by atoms with E-state index >= 15 is 0 Å². The predicted molar refractivity (Wildman–Crippen MR) is 78.9 cm³/mol. The van der Waals surface area contributed by atoms with E-state index < -0.39 is 0 Å². The van der Waals surface area contributed by atoms with Crippen LogP contribution in [0.3, 0.4) is 0 Å². The first-order chi connectivity index (χ1) is 9.38. The third-order valence-corrected chi connectivity index (χ3v) is 3.54. The maximum absolute atomic E-state index is 5.23. The number of hydrogen-bond acceptors (Lipinski definition) is 4. The molecule has 1 aliphatic rings. The first-order valence-electron chi connectivity index (χ1n) is 7.15. The van der Waals surface area contributed by atoms with E-state index in [-0.39, 0.29) is 0 Å². The topological polar surface area (TPSA) is 36.5 Å². The first kappa shape index (κ1) is 14.3. The summed E-state index contributed by atoms with van der Waals surface area (Å²) in [4.78, 5) is 2.51. The highest BCUT2D eigenvalue weighted by Crippen LogP contribution is 2.12. The molecule has 2 rings (SSSR count). The van der Waals surface area contributed by atoms with Crippen molar-refractivity contribution in [2.45, 2.75) is 6.42 Å². The highest BCUT2D eigenvalue weighted by Gasteiger charge is 2.07. The van der Waals surface area contributed by atoms with Crippen molar-refractivity contribution in [3.05, 3.63) is 29.8 Å². The lowest BCUT2D eigenvalue weighted by molar-refractivity contribution is 0.241. The van der Waals surface area contributed by atoms with Gasteiger partial charge in [-0.05, 0) is 30.7 Å². The second-order valence-electron chi connectivity index (χ2n) is 4.94. The van der Waals surface area contributed by atoms with E-state index in [4.69, 9.17) is 4.74 Å². The molecule has 1 aromatic carbocycles. The van der Waals surface area contributed by atoms with Crippen LogP contribution in [0.25, 0.3) is 0 Å². The van der Waals surface area contributed by atoms with Crippen molar-refractivity contribution >= 4 is 0 Å². The number of nitrogens with one attached hydrogen (secondary N) is 2. The Hall–Kier alpha value is -1.10. The molecule has 2 N–H and O–H groups in total. The Morgan fingerprint density at radius 2 is 2.11 bits per heavy atom. The van der Waals surface area contributed by atoms with Crippen molar-refractivity contribution in [1.82, 2.24) is 15.5 Å². The van der Waals surface area contributed by atoms with Crippen molar-refractivity contribution in [2.24, 2.45) is 0 Å². The van der Waals surface area contributed by atoms with Gasteiger partial charge in [-0.25, -0.2) is 0 Å². The predicted octanol–water partition coefficient (Wildman–Crippen LogP) is 0.733. The maximum Gasteiger partial charge on any atom is 0.119 e. The number of ether oxygens (including phenoxy) is 1. The molecular weight excluding hydrogens is 238 g/mol. The van der Waals surface area contributed by atoms with E-state index in [2.05, 4.69) is 33.7 Å². The van der Waals surface area contributed by atoms with Gasteiger partial charge in [0.15, 0.2) is 0 Å². The summed E-state index contributed by atoms with van der Waals surface area (Å²) in [5, 5.41) is 6.89. The minimum atomic E-state index is 0.943. The molecular formula is C15H25N3O. The number of hydrogen-bond donors (Lipinski definition) is 2. The summed E-state index contributed by atoms with van der Waals surface area (Å²) in [6.45, 7) is 7.87. The van der Waals surface area contributed by atoms with Crippen LogP contribution in [-0.4, -0.2) is 57.8 Å². The fraction of sp³-hybridized carbons (Fsp3) is 0.600. The molecule has 0 radical (unpaired) electrons. The molecule has 0 unspecified atom stereocenters. The molecule has 1 saturated heterocycles. The Labute approximate surface area is 116 Å². The largest absolute Gasteiger partial charge is 0.497 e. The van der Waals surface area contributed by atoms with Crippen molar-refractivity contribution in [3.63, 3.8) is 0 Å². The zero-order chi connectivity index (χ0) is 13.3. The van der Waals surface area contributed by atoms with Gasteiger partial charge in [0.25, 0.3) is 0 Å². The molecule has 0 spiro atoms. The third-order valence-electron chi connectivity index (χ3n) is 3.54. The Morgan fingerprint density at radius 3 is 2.89 bits per heavy atom. The lowest BCUT2D eigenvalue weighted by Crippen LogP contribution is -2.45. The highest BCUT2D eigenvalue weighted by atomic mass is 16.5. The van der Waals surface area contributed by atoms with Gasteiger partial charge < -0.3 is 15.4 Å². The van der Waals surface area contributed by atoms with Gasteiger partial charge in [0.1, 0.15) is 5.75 Å². The van der Waals surface area contributed by atoms with E-state index in [1.54, 1.807) is 7.11 Å². The van der Waals surface area contributed by atoms with Gasteiger partial charge in [-0.15, -0.1) is 0 Å². The Bertz CT molecular complexity index is 364. The summed E-state index contributed by atoms with van der Waals surface area (Å²) in [5.74, 6) is 0.943. The molecule has 106 valence electrons. The van der Waals surface area contributed by atoms with Gasteiger partial charge in [0, 0.05) is 39.3 Å². The second-order valence-corrected chi connectivity index (χ2v) is 4.94. The van der Waals surface area contributed by atoms with Crippen molar-refractivity contribution in [2.75, 3.05) is 52.9 Å². The normalized spacial score (nSPS) is 16.5. The van der Waals surface area contributed by atoms with Gasteiger partial charge in [0.2, 0.25) is 0 Å². The van der Waals surface area contributed by atoms with Crippen LogP contribution in [0.1, 0.15) is 5.56 Å². The van der Waals surface area contributed by atoms with Gasteiger partial charge in [-0.3, -0.25) is 4.90 Å². The highest BCUT2D eigenvalue weighted by molar-refractivity contribution is 5.28. The summed E-state index contributed by atoms with van der Waals surface area (Å²) in [7, 11) is 1.71. The van der Waals surface area contributed by atoms with E-state index in [0.29, 0.717) is 0 Å². The van der Waals surface area contributed by atoms with Crippen molar-refractivity contribution in [3.8, 4) is 5.75 Å². The fourth-order valence-electron chi connectivity index (χ4n) is 2.36. The number of rotatable bonds is 7. The molecule has 1 aromatic rings. The van der Waals surface area contributed by atoms with Gasteiger partial charge in [-0.2, -0.15) is 0 Å². The standard InChI is InChI=1S/C15H25N3O/c1-19-15-4-2-3-14(13-15)5-6-16-7-10-18-11-8-17-9-12-18/h2-4,13,16-17H,5-12H2,1H3. The molecule has 1 aliphatic heterocycles. The summed E-state index contributed by atoms with van der Waals surface area (Å²) in [6.07, 6.45) is 1.05. The zero-order valence-electron chi connectivity index (χ0n) is 11.8. The summed E-state index contributed by atoms with van der Waals surface area (Å²) in [6, 6.07) is 8.30. The smallest absolute Gasteiger partial charge is 0.119 e. The number of nitrogens with zero attached hydrogens (tertiary/aromatic N) is 1. The second kappa shape index (κ2) is 8.15. The summed E-state index contributed by atoms with van der Waals surface area (Å²) in [5.41, 5.74) is 1.33. The Kier molecular flexibility index (Phi) is 6.14. The zero-order valence-corrected chi connectivity index (χ0v) is 11.8. The molecule has 0 atom stereocenters. The van der Waals surface area contributed by atoms with Crippen molar-refractivity contribution < 1.29 is 4.74 Å². The van der Waals surface area contributed by atoms with Crippen LogP contribution >= 0.6 is 0 Å². The lowest BCUT2D eigenvalue weighted by atomic mass is 10.1. The SMILES string of the molecule is COc1cccc(CCNCCN2CCNCC2)c1. The number of piperazine rings is 1. The van der Waals surface area contributed by atoms with Crippen LogP contribution in [0.15, 0.2) is 24.3 Å². The van der Waals surface area contributed by atoms with Crippen LogP contribution in [0.2, 0.25) is 0 Å². The van der Waals surface area contributed by atoms with E-state index in [1.165, 1.54) is 18.7 Å². The van der Waals surface area contributed by atoms with E-state index in [0.717, 1.165) is 44.9 Å². The molecule has 4 nitrogen and oxygen atoms in total. The summed E-state index contributed by atoms with van der Waals surface area (Å²) < 4.78 is 5.23. The van der Waals surface area contributed by atoms with Gasteiger partial charge in [0.05, 0.1) is 7.11 Å². The molecule has 0 aliphatic carbocycles. The monoisotopic (exact) mass is 263 g/mol. The molecule has 1 fully saturated rings. The molecule has 1 heterocycles. The fourth-order valence-corrected chi connectivity index (χ4v) is 2.36. The number of methoxy groups -OCH3 is 1. The van der Waals surface area contributed by atoms with Crippen LogP contribution < -0.4 is 15.4 Å². The Morgan fingerprint density at radius 1 is 1.26 bits per heavy atom. The Balaban J connectivity index is 1.58. The quantitative estimate of drug-likeness (QED) is 0.711. The minimum absolute atomic E-state index is 0.943. The maximum atomic E-state index is 5.23. The molecule has 0 saturated carbocycles. The first-order valence-corrected chi connectivity index (χ1v) is 7.15. The van der Waals surface area contributed by atoms with Gasteiger partial charge >= 0.3 is 0 Å². The molecule has 0 aromatic heterocycles. The van der Waals surface area contributed by atoms with Crippen LogP contribution in [-0.2, 0) is 6.42 Å². The molecule has 4 heteroatoms. The average molecular weight is 263 g/mol. The molecule has 19 heavy (non-hydrogen) atoms. The van der Waals surface area contributed by atoms with E-state index in [1.807, 2.05) is 6.07 Å². The van der Waals surface area contributed by atoms with Gasteiger partial charge in [-0.1, -0.05) is 12.1 Å². The van der Waals surface area contributed by atoms with E-state index in [9.17, 15) is 0 Å². The lowest BCUT2D eigenvalue weighted by Gasteiger charge is -2.27. The molecule has 0 bridgehead atoms. The van der Waals surface area contributed by atoms with Crippen LogP contribution in [0.5, 0.6) is 5.75 Å². The summed E-state index contributed by atoms with van der Waals surface area (Å²) >= 11 is 0.